The summed E-state index contributed by atoms with van der Waals surface area (Å²) in [6.07, 6.45) is 1.74. The summed E-state index contributed by atoms with van der Waals surface area (Å²) < 4.78 is 5.78. The predicted molar refractivity (Wildman–Crippen MR) is 106 cm³/mol. The van der Waals surface area contributed by atoms with Gasteiger partial charge < -0.3 is 10.1 Å². The molecule has 0 saturated heterocycles. The lowest BCUT2D eigenvalue weighted by molar-refractivity contribution is -0.118. The molecular formula is C22H24N2O2. The van der Waals surface area contributed by atoms with Crippen molar-refractivity contribution in [2.75, 3.05) is 11.9 Å². The Kier molecular flexibility index (Phi) is 5.52. The number of carbonyl (C=O) groups excluding carboxylic acids is 1. The van der Waals surface area contributed by atoms with Crippen LogP contribution in [0.15, 0.2) is 48.5 Å². The maximum absolute atomic E-state index is 12.5. The van der Waals surface area contributed by atoms with E-state index in [4.69, 9.17) is 4.74 Å². The van der Waals surface area contributed by atoms with Crippen LogP contribution in [0.2, 0.25) is 0 Å². The molecule has 26 heavy (non-hydrogen) atoms. The fraction of sp³-hybridized carbons (Fsp3) is 0.273. The SMILES string of the molecule is CCc1cccc(CC)c1NC(=O)COc1cccc2ccc(C)nc12. The third-order valence-electron chi connectivity index (χ3n) is 4.44. The van der Waals surface area contributed by atoms with Gasteiger partial charge in [-0.15, -0.1) is 0 Å². The molecule has 0 spiro atoms. The summed E-state index contributed by atoms with van der Waals surface area (Å²) >= 11 is 0. The molecule has 0 aliphatic rings. The number of aromatic nitrogens is 1. The summed E-state index contributed by atoms with van der Waals surface area (Å²) in [5.74, 6) is 0.464. The molecular weight excluding hydrogens is 324 g/mol. The fourth-order valence-corrected chi connectivity index (χ4v) is 3.06. The van der Waals surface area contributed by atoms with E-state index in [2.05, 4.69) is 24.1 Å². The van der Waals surface area contributed by atoms with Crippen molar-refractivity contribution in [3.8, 4) is 5.75 Å². The van der Waals surface area contributed by atoms with Gasteiger partial charge in [-0.05, 0) is 43.0 Å². The molecule has 4 heteroatoms. The highest BCUT2D eigenvalue weighted by Gasteiger charge is 2.12. The minimum absolute atomic E-state index is 0.0457. The van der Waals surface area contributed by atoms with Gasteiger partial charge in [-0.3, -0.25) is 4.79 Å². The van der Waals surface area contributed by atoms with E-state index < -0.39 is 0 Å². The summed E-state index contributed by atoms with van der Waals surface area (Å²) in [5, 5.41) is 4.02. The zero-order valence-electron chi connectivity index (χ0n) is 15.5. The highest BCUT2D eigenvalue weighted by atomic mass is 16.5. The highest BCUT2D eigenvalue weighted by Crippen LogP contribution is 2.25. The van der Waals surface area contributed by atoms with E-state index in [1.807, 2.05) is 55.5 Å². The summed E-state index contributed by atoms with van der Waals surface area (Å²) in [6, 6.07) is 15.9. The van der Waals surface area contributed by atoms with Crippen LogP contribution in [0.5, 0.6) is 5.75 Å². The Labute approximate surface area is 154 Å². The van der Waals surface area contributed by atoms with Crippen LogP contribution in [-0.4, -0.2) is 17.5 Å². The molecule has 0 aliphatic heterocycles. The Hall–Kier alpha value is -2.88. The Morgan fingerprint density at radius 2 is 1.69 bits per heavy atom. The maximum Gasteiger partial charge on any atom is 0.262 e. The molecule has 3 aromatic rings. The molecule has 0 radical (unpaired) electrons. The molecule has 0 unspecified atom stereocenters. The number of rotatable bonds is 6. The van der Waals surface area contributed by atoms with Crippen molar-refractivity contribution in [3.05, 3.63) is 65.4 Å². The Balaban J connectivity index is 1.76. The number of nitrogens with one attached hydrogen (secondary N) is 1. The highest BCUT2D eigenvalue weighted by molar-refractivity contribution is 5.94. The minimum atomic E-state index is -0.162. The number of pyridine rings is 1. The van der Waals surface area contributed by atoms with Crippen molar-refractivity contribution in [1.82, 2.24) is 4.98 Å². The summed E-state index contributed by atoms with van der Waals surface area (Å²) in [5.41, 5.74) is 4.89. The second-order valence-corrected chi connectivity index (χ2v) is 6.28. The third-order valence-corrected chi connectivity index (χ3v) is 4.44. The zero-order chi connectivity index (χ0) is 18.5. The normalized spacial score (nSPS) is 10.7. The lowest BCUT2D eigenvalue weighted by atomic mass is 10.0. The number of fused-ring (bicyclic) bond motifs is 1. The predicted octanol–water partition coefficient (Wildman–Crippen LogP) is 4.69. The van der Waals surface area contributed by atoms with Crippen LogP contribution in [0.4, 0.5) is 5.69 Å². The first kappa shape index (κ1) is 17.9. The van der Waals surface area contributed by atoms with Crippen molar-refractivity contribution < 1.29 is 9.53 Å². The number of nitrogens with zero attached hydrogens (tertiary/aromatic N) is 1. The molecule has 0 saturated carbocycles. The number of benzene rings is 2. The first-order chi connectivity index (χ1) is 12.6. The molecule has 2 aromatic carbocycles. The van der Waals surface area contributed by atoms with Gasteiger partial charge in [0.15, 0.2) is 6.61 Å². The first-order valence-corrected chi connectivity index (χ1v) is 9.02. The molecule has 0 atom stereocenters. The summed E-state index contributed by atoms with van der Waals surface area (Å²) in [6.45, 7) is 6.07. The van der Waals surface area contributed by atoms with E-state index in [0.717, 1.165) is 46.3 Å². The van der Waals surface area contributed by atoms with Crippen molar-refractivity contribution in [3.63, 3.8) is 0 Å². The van der Waals surface area contributed by atoms with Gasteiger partial charge in [-0.1, -0.05) is 50.2 Å². The monoisotopic (exact) mass is 348 g/mol. The van der Waals surface area contributed by atoms with E-state index in [0.29, 0.717) is 5.75 Å². The van der Waals surface area contributed by atoms with Crippen molar-refractivity contribution >= 4 is 22.5 Å². The standard InChI is InChI=1S/C22H24N2O2/c1-4-16-8-6-9-17(5-2)21(16)24-20(25)14-26-19-11-7-10-18-13-12-15(3)23-22(18)19/h6-13H,4-5,14H2,1-3H3,(H,24,25). The van der Waals surface area contributed by atoms with Crippen LogP contribution in [0, 0.1) is 6.92 Å². The van der Waals surface area contributed by atoms with E-state index in [1.54, 1.807) is 0 Å². The van der Waals surface area contributed by atoms with Crippen LogP contribution in [0.25, 0.3) is 10.9 Å². The third kappa shape index (κ3) is 3.85. The smallest absolute Gasteiger partial charge is 0.262 e. The number of hydrogen-bond acceptors (Lipinski definition) is 3. The van der Waals surface area contributed by atoms with Crippen LogP contribution in [0.3, 0.4) is 0 Å². The van der Waals surface area contributed by atoms with Gasteiger partial charge in [0, 0.05) is 16.8 Å². The Bertz CT molecular complexity index is 912. The summed E-state index contributed by atoms with van der Waals surface area (Å²) in [7, 11) is 0. The lowest BCUT2D eigenvalue weighted by Gasteiger charge is -2.15. The average molecular weight is 348 g/mol. The van der Waals surface area contributed by atoms with E-state index in [-0.39, 0.29) is 12.5 Å². The van der Waals surface area contributed by atoms with E-state index >= 15 is 0 Å². The zero-order valence-corrected chi connectivity index (χ0v) is 15.5. The fourth-order valence-electron chi connectivity index (χ4n) is 3.06. The van der Waals surface area contributed by atoms with Gasteiger partial charge >= 0.3 is 0 Å². The molecule has 1 amide bonds. The number of para-hydroxylation sites is 2. The van der Waals surface area contributed by atoms with Crippen molar-refractivity contribution in [1.29, 1.82) is 0 Å². The first-order valence-electron chi connectivity index (χ1n) is 9.02. The molecule has 1 aromatic heterocycles. The number of carbonyl (C=O) groups is 1. The second-order valence-electron chi connectivity index (χ2n) is 6.28. The topological polar surface area (TPSA) is 51.2 Å². The van der Waals surface area contributed by atoms with Gasteiger partial charge in [0.25, 0.3) is 5.91 Å². The van der Waals surface area contributed by atoms with Gasteiger partial charge in [-0.2, -0.15) is 0 Å². The molecule has 4 nitrogen and oxygen atoms in total. The van der Waals surface area contributed by atoms with E-state index in [9.17, 15) is 4.79 Å². The van der Waals surface area contributed by atoms with Crippen LogP contribution >= 0.6 is 0 Å². The molecule has 1 N–H and O–H groups in total. The van der Waals surface area contributed by atoms with Crippen molar-refractivity contribution in [2.24, 2.45) is 0 Å². The summed E-state index contributed by atoms with van der Waals surface area (Å²) in [4.78, 5) is 17.0. The van der Waals surface area contributed by atoms with Gasteiger partial charge in [0.1, 0.15) is 11.3 Å². The van der Waals surface area contributed by atoms with Gasteiger partial charge in [-0.25, -0.2) is 4.98 Å². The number of aryl methyl sites for hydroxylation is 3. The van der Waals surface area contributed by atoms with Crippen LogP contribution in [-0.2, 0) is 17.6 Å². The number of ether oxygens (including phenoxy) is 1. The molecule has 134 valence electrons. The molecule has 0 aliphatic carbocycles. The maximum atomic E-state index is 12.5. The average Bonchev–Trinajstić information content (AvgIpc) is 2.66. The molecule has 0 bridgehead atoms. The van der Waals surface area contributed by atoms with Crippen LogP contribution in [0.1, 0.15) is 30.7 Å². The van der Waals surface area contributed by atoms with Crippen LogP contribution < -0.4 is 10.1 Å². The Morgan fingerprint density at radius 1 is 1.00 bits per heavy atom. The van der Waals surface area contributed by atoms with Gasteiger partial charge in [0.05, 0.1) is 0 Å². The number of amides is 1. The van der Waals surface area contributed by atoms with Crippen molar-refractivity contribution in [2.45, 2.75) is 33.6 Å². The molecule has 1 heterocycles. The Morgan fingerprint density at radius 3 is 2.38 bits per heavy atom. The van der Waals surface area contributed by atoms with E-state index in [1.165, 1.54) is 0 Å². The lowest BCUT2D eigenvalue weighted by Crippen LogP contribution is -2.22. The number of anilines is 1. The molecule has 0 fully saturated rings. The molecule has 3 rings (SSSR count). The minimum Gasteiger partial charge on any atom is -0.481 e. The van der Waals surface area contributed by atoms with Gasteiger partial charge in [0.2, 0.25) is 0 Å². The quantitative estimate of drug-likeness (QED) is 0.703. The number of hydrogen-bond donors (Lipinski definition) is 1. The largest absolute Gasteiger partial charge is 0.481 e. The second kappa shape index (κ2) is 8.00.